The van der Waals surface area contributed by atoms with Crippen molar-refractivity contribution >= 4 is 5.69 Å². The van der Waals surface area contributed by atoms with Crippen LogP contribution in [0.1, 0.15) is 11.4 Å². The van der Waals surface area contributed by atoms with E-state index < -0.39 is 0 Å². The number of aryl methyl sites for hydroxylation is 1. The highest BCUT2D eigenvalue weighted by Crippen LogP contribution is 2.34. The molecule has 1 aliphatic heterocycles. The highest BCUT2D eigenvalue weighted by atomic mass is 19.1. The molecule has 0 amide bonds. The molecule has 26 heavy (non-hydrogen) atoms. The summed E-state index contributed by atoms with van der Waals surface area (Å²) in [5.41, 5.74) is 1.62. The average Bonchev–Trinajstić information content (AvgIpc) is 3.06. The van der Waals surface area contributed by atoms with Crippen LogP contribution in [0, 0.1) is 5.82 Å². The van der Waals surface area contributed by atoms with E-state index in [0.29, 0.717) is 37.7 Å². The van der Waals surface area contributed by atoms with Gasteiger partial charge in [-0.3, -0.25) is 0 Å². The lowest BCUT2D eigenvalue weighted by atomic mass is 10.1. The molecule has 4 rings (SSSR count). The van der Waals surface area contributed by atoms with E-state index in [1.165, 1.54) is 6.07 Å². The summed E-state index contributed by atoms with van der Waals surface area (Å²) in [5.74, 6) is 2.00. The zero-order valence-corrected chi connectivity index (χ0v) is 14.6. The Kier molecular flexibility index (Phi) is 4.48. The molecule has 0 saturated carbocycles. The average molecular weight is 353 g/mol. The molecule has 0 unspecified atom stereocenters. The number of hydrogen-bond acceptors (Lipinski definition) is 4. The van der Waals surface area contributed by atoms with Crippen molar-refractivity contribution in [2.24, 2.45) is 7.05 Å². The zero-order chi connectivity index (χ0) is 17.9. The first-order chi connectivity index (χ1) is 12.7. The minimum Gasteiger partial charge on any atom is -0.489 e. The molecule has 0 bridgehead atoms. The minimum absolute atomic E-state index is 0.253. The number of rotatable bonds is 5. The summed E-state index contributed by atoms with van der Waals surface area (Å²) < 4.78 is 27.5. The van der Waals surface area contributed by atoms with Gasteiger partial charge in [-0.05, 0) is 29.8 Å². The number of fused-ring (bicyclic) bond motifs is 1. The predicted octanol–water partition coefficient (Wildman–Crippen LogP) is 3.54. The monoisotopic (exact) mass is 353 g/mol. The van der Waals surface area contributed by atoms with Crippen molar-refractivity contribution < 1.29 is 13.9 Å². The summed E-state index contributed by atoms with van der Waals surface area (Å²) in [6.07, 6.45) is 3.64. The SMILES string of the molecule is Cn1ccnc1COc1ccc(CN2CCOc3cccc(F)c32)cc1. The number of hydrogen-bond donors (Lipinski definition) is 0. The zero-order valence-electron chi connectivity index (χ0n) is 14.6. The van der Waals surface area contributed by atoms with Crippen LogP contribution < -0.4 is 14.4 Å². The van der Waals surface area contributed by atoms with Gasteiger partial charge in [-0.1, -0.05) is 18.2 Å². The predicted molar refractivity (Wildman–Crippen MR) is 96.9 cm³/mol. The van der Waals surface area contributed by atoms with Crippen molar-refractivity contribution in [3.8, 4) is 11.5 Å². The first kappa shape index (κ1) is 16.4. The Labute approximate surface area is 151 Å². The van der Waals surface area contributed by atoms with E-state index in [1.807, 2.05) is 47.0 Å². The normalized spacial score (nSPS) is 13.2. The van der Waals surface area contributed by atoms with E-state index in [1.54, 1.807) is 18.3 Å². The van der Waals surface area contributed by atoms with Gasteiger partial charge >= 0.3 is 0 Å². The third-order valence-electron chi connectivity index (χ3n) is 4.47. The number of aromatic nitrogens is 2. The van der Waals surface area contributed by atoms with E-state index in [2.05, 4.69) is 4.98 Å². The van der Waals surface area contributed by atoms with Gasteiger partial charge in [0.25, 0.3) is 0 Å². The minimum atomic E-state index is -0.253. The highest BCUT2D eigenvalue weighted by molar-refractivity contribution is 5.61. The lowest BCUT2D eigenvalue weighted by Crippen LogP contribution is -2.33. The maximum absolute atomic E-state index is 14.2. The van der Waals surface area contributed by atoms with Crippen LogP contribution in [0.2, 0.25) is 0 Å². The van der Waals surface area contributed by atoms with Crippen LogP contribution >= 0.6 is 0 Å². The van der Waals surface area contributed by atoms with Gasteiger partial charge in [0, 0.05) is 26.0 Å². The number of anilines is 1. The molecule has 3 aromatic rings. The first-order valence-corrected chi connectivity index (χ1v) is 8.55. The van der Waals surface area contributed by atoms with Gasteiger partial charge in [-0.15, -0.1) is 0 Å². The molecular formula is C20H20FN3O2. The highest BCUT2D eigenvalue weighted by Gasteiger charge is 2.21. The van der Waals surface area contributed by atoms with E-state index in [9.17, 15) is 4.39 Å². The van der Waals surface area contributed by atoms with Crippen LogP contribution in [0.3, 0.4) is 0 Å². The third-order valence-corrected chi connectivity index (χ3v) is 4.47. The fourth-order valence-electron chi connectivity index (χ4n) is 3.05. The molecule has 0 fully saturated rings. The largest absolute Gasteiger partial charge is 0.489 e. The van der Waals surface area contributed by atoms with Gasteiger partial charge in [0.15, 0.2) is 0 Å². The summed E-state index contributed by atoms with van der Waals surface area (Å²) in [7, 11) is 1.94. The van der Waals surface area contributed by atoms with Crippen LogP contribution in [0.25, 0.3) is 0 Å². The summed E-state index contributed by atoms with van der Waals surface area (Å²) >= 11 is 0. The van der Waals surface area contributed by atoms with Crippen LogP contribution in [-0.2, 0) is 20.2 Å². The van der Waals surface area contributed by atoms with Gasteiger partial charge in [0.1, 0.15) is 42.0 Å². The molecule has 1 aliphatic rings. The lowest BCUT2D eigenvalue weighted by molar-refractivity contribution is 0.291. The van der Waals surface area contributed by atoms with Gasteiger partial charge in [-0.2, -0.15) is 0 Å². The third kappa shape index (κ3) is 3.35. The first-order valence-electron chi connectivity index (χ1n) is 8.55. The number of nitrogens with zero attached hydrogens (tertiary/aromatic N) is 3. The fraction of sp³-hybridized carbons (Fsp3) is 0.250. The number of para-hydroxylation sites is 1. The fourth-order valence-corrected chi connectivity index (χ4v) is 3.05. The van der Waals surface area contributed by atoms with E-state index in [0.717, 1.165) is 17.1 Å². The molecule has 0 saturated heterocycles. The Morgan fingerprint density at radius 1 is 1.19 bits per heavy atom. The van der Waals surface area contributed by atoms with Gasteiger partial charge in [0.05, 0.1) is 6.54 Å². The quantitative estimate of drug-likeness (QED) is 0.703. The number of ether oxygens (including phenoxy) is 2. The molecule has 0 radical (unpaired) electrons. The van der Waals surface area contributed by atoms with Crippen molar-refractivity contribution in [1.29, 1.82) is 0 Å². The molecule has 1 aromatic heterocycles. The second-order valence-electron chi connectivity index (χ2n) is 6.24. The Morgan fingerprint density at radius 2 is 2.04 bits per heavy atom. The maximum Gasteiger partial charge on any atom is 0.150 e. The van der Waals surface area contributed by atoms with Crippen molar-refractivity contribution in [2.45, 2.75) is 13.2 Å². The van der Waals surface area contributed by atoms with Crippen LogP contribution in [0.15, 0.2) is 54.9 Å². The molecular weight excluding hydrogens is 333 g/mol. The summed E-state index contributed by atoms with van der Waals surface area (Å²) in [6.45, 7) is 2.26. The second kappa shape index (κ2) is 7.07. The topological polar surface area (TPSA) is 39.5 Å². The number of imidazole rings is 1. The van der Waals surface area contributed by atoms with Gasteiger partial charge < -0.3 is 18.9 Å². The van der Waals surface area contributed by atoms with Crippen LogP contribution in [-0.4, -0.2) is 22.7 Å². The molecule has 0 spiro atoms. The van der Waals surface area contributed by atoms with E-state index in [4.69, 9.17) is 9.47 Å². The van der Waals surface area contributed by atoms with Gasteiger partial charge in [0.2, 0.25) is 0 Å². The second-order valence-corrected chi connectivity index (χ2v) is 6.24. The summed E-state index contributed by atoms with van der Waals surface area (Å²) in [5, 5.41) is 0. The number of benzene rings is 2. The number of halogens is 1. The molecule has 2 heterocycles. The Bertz CT molecular complexity index is 892. The molecule has 134 valence electrons. The van der Waals surface area contributed by atoms with Crippen molar-refractivity contribution in [3.63, 3.8) is 0 Å². The molecule has 0 atom stereocenters. The smallest absolute Gasteiger partial charge is 0.150 e. The van der Waals surface area contributed by atoms with Crippen molar-refractivity contribution in [1.82, 2.24) is 9.55 Å². The molecule has 2 aromatic carbocycles. The molecule has 0 N–H and O–H groups in total. The van der Waals surface area contributed by atoms with Crippen molar-refractivity contribution in [3.05, 3.63) is 72.1 Å². The molecule has 0 aliphatic carbocycles. The Hall–Kier alpha value is -3.02. The standard InChI is InChI=1S/C20H20FN3O2/c1-23-10-9-22-19(23)14-26-16-7-5-15(6-8-16)13-24-11-12-25-18-4-2-3-17(21)20(18)24/h2-10H,11-14H2,1H3. The van der Waals surface area contributed by atoms with Crippen LogP contribution in [0.5, 0.6) is 11.5 Å². The Balaban J connectivity index is 1.43. The van der Waals surface area contributed by atoms with Gasteiger partial charge in [-0.25, -0.2) is 9.37 Å². The van der Waals surface area contributed by atoms with Crippen molar-refractivity contribution in [2.75, 3.05) is 18.1 Å². The van der Waals surface area contributed by atoms with Crippen LogP contribution in [0.4, 0.5) is 10.1 Å². The summed E-state index contributed by atoms with van der Waals surface area (Å²) in [4.78, 5) is 6.25. The summed E-state index contributed by atoms with van der Waals surface area (Å²) in [6, 6.07) is 12.8. The molecule has 5 nitrogen and oxygen atoms in total. The Morgan fingerprint density at radius 3 is 2.81 bits per heavy atom. The van der Waals surface area contributed by atoms with E-state index in [-0.39, 0.29) is 5.82 Å². The molecule has 6 heteroatoms. The maximum atomic E-state index is 14.2. The lowest BCUT2D eigenvalue weighted by Gasteiger charge is -2.31. The van der Waals surface area contributed by atoms with E-state index >= 15 is 0 Å².